The van der Waals surface area contributed by atoms with Crippen molar-refractivity contribution in [1.29, 1.82) is 0 Å². The third kappa shape index (κ3) is 4.03. The second-order valence-electron chi connectivity index (χ2n) is 6.30. The Morgan fingerprint density at radius 3 is 2.93 bits per heavy atom. The maximum atomic E-state index is 12.7. The summed E-state index contributed by atoms with van der Waals surface area (Å²) in [5.74, 6) is -0.355. The number of rotatable bonds is 7. The normalized spacial score (nSPS) is 14.2. The van der Waals surface area contributed by atoms with E-state index in [0.29, 0.717) is 17.8 Å². The molecule has 4 N–H and O–H groups in total. The smallest absolute Gasteiger partial charge is 0.272 e. The van der Waals surface area contributed by atoms with Crippen LogP contribution < -0.4 is 10.6 Å². The van der Waals surface area contributed by atoms with Gasteiger partial charge in [-0.2, -0.15) is 9.40 Å². The largest absolute Gasteiger partial charge is 0.395 e. The zero-order valence-electron chi connectivity index (χ0n) is 15.0. The first-order chi connectivity index (χ1) is 12.9. The number of fused-ring (bicyclic) bond motifs is 1. The minimum atomic E-state index is -3.76. The molecule has 146 valence electrons. The summed E-state index contributed by atoms with van der Waals surface area (Å²) in [6.07, 6.45) is 0.786. The van der Waals surface area contributed by atoms with Gasteiger partial charge in [0.05, 0.1) is 11.5 Å². The van der Waals surface area contributed by atoms with Gasteiger partial charge in [0.15, 0.2) is 5.69 Å². The van der Waals surface area contributed by atoms with Gasteiger partial charge in [-0.3, -0.25) is 9.89 Å². The van der Waals surface area contributed by atoms with E-state index in [9.17, 15) is 13.2 Å². The molecule has 0 fully saturated rings. The van der Waals surface area contributed by atoms with Gasteiger partial charge in [0, 0.05) is 50.9 Å². The van der Waals surface area contributed by atoms with Crippen LogP contribution in [-0.4, -0.2) is 60.7 Å². The van der Waals surface area contributed by atoms with Crippen molar-refractivity contribution in [1.82, 2.24) is 25.1 Å². The monoisotopic (exact) mass is 393 g/mol. The van der Waals surface area contributed by atoms with Crippen LogP contribution in [0.3, 0.4) is 0 Å². The zero-order valence-corrected chi connectivity index (χ0v) is 15.8. The number of nitrogens with one attached hydrogen (secondary N) is 3. The number of sulfonamides is 1. The lowest BCUT2D eigenvalue weighted by molar-refractivity contribution is 0.0944. The number of amides is 1. The van der Waals surface area contributed by atoms with E-state index in [2.05, 4.69) is 20.8 Å². The van der Waals surface area contributed by atoms with Crippen molar-refractivity contribution in [2.24, 2.45) is 0 Å². The van der Waals surface area contributed by atoms with E-state index >= 15 is 0 Å². The molecule has 0 saturated carbocycles. The van der Waals surface area contributed by atoms with Crippen molar-refractivity contribution in [2.75, 3.05) is 26.7 Å². The van der Waals surface area contributed by atoms with Crippen molar-refractivity contribution in [2.45, 2.75) is 24.4 Å². The van der Waals surface area contributed by atoms with Crippen LogP contribution in [0.25, 0.3) is 0 Å². The Hall–Kier alpha value is -2.27. The highest BCUT2D eigenvalue weighted by Gasteiger charge is 2.25. The predicted octanol–water partition coefficient (Wildman–Crippen LogP) is -0.402. The predicted molar refractivity (Wildman–Crippen MR) is 98.5 cm³/mol. The van der Waals surface area contributed by atoms with Gasteiger partial charge in [-0.05, 0) is 11.6 Å². The fraction of sp³-hybridized carbons (Fsp3) is 0.412. The maximum absolute atomic E-state index is 12.7. The molecular formula is C17H23N5O4S. The first-order valence-electron chi connectivity index (χ1n) is 8.65. The Balaban J connectivity index is 1.77. The SMILES string of the molecule is CN(CCO)S(=O)(=O)c1ccccc1CNC(=O)c1n[nH]c2c1CNCC2. The van der Waals surface area contributed by atoms with Gasteiger partial charge < -0.3 is 15.7 Å². The topological polar surface area (TPSA) is 127 Å². The van der Waals surface area contributed by atoms with E-state index in [1.54, 1.807) is 18.2 Å². The number of nitrogens with zero attached hydrogens (tertiary/aromatic N) is 2. The van der Waals surface area contributed by atoms with Crippen LogP contribution in [0.5, 0.6) is 0 Å². The standard InChI is InChI=1S/C17H23N5O4S/c1-22(8-9-23)27(25,26)15-5-3-2-4-12(15)10-19-17(24)16-13-11-18-7-6-14(13)20-21-16/h2-5,18,23H,6-11H2,1H3,(H,19,24)(H,20,21). The summed E-state index contributed by atoms with van der Waals surface area (Å²) >= 11 is 0. The molecule has 0 radical (unpaired) electrons. The van der Waals surface area contributed by atoms with Gasteiger partial charge in [0.25, 0.3) is 5.91 Å². The van der Waals surface area contributed by atoms with Gasteiger partial charge in [-0.25, -0.2) is 8.42 Å². The van der Waals surface area contributed by atoms with Crippen LogP contribution in [0.15, 0.2) is 29.2 Å². The molecule has 0 aliphatic carbocycles. The first kappa shape index (κ1) is 19.5. The molecule has 0 atom stereocenters. The molecule has 0 unspecified atom stereocenters. The highest BCUT2D eigenvalue weighted by Crippen LogP contribution is 2.20. The molecule has 1 aromatic carbocycles. The van der Waals surface area contributed by atoms with E-state index in [0.717, 1.165) is 28.5 Å². The molecule has 0 spiro atoms. The van der Waals surface area contributed by atoms with Gasteiger partial charge in [0.1, 0.15) is 0 Å². The number of carbonyl (C=O) groups is 1. The van der Waals surface area contributed by atoms with E-state index in [-0.39, 0.29) is 30.5 Å². The number of benzene rings is 1. The number of aliphatic hydroxyl groups is 1. The summed E-state index contributed by atoms with van der Waals surface area (Å²) in [6, 6.07) is 6.49. The lowest BCUT2D eigenvalue weighted by Crippen LogP contribution is -2.32. The molecule has 2 heterocycles. The second-order valence-corrected chi connectivity index (χ2v) is 8.31. The van der Waals surface area contributed by atoms with Crippen LogP contribution in [-0.2, 0) is 29.5 Å². The molecule has 1 aliphatic rings. The fourth-order valence-corrected chi connectivity index (χ4v) is 4.38. The Morgan fingerprint density at radius 1 is 1.37 bits per heavy atom. The lowest BCUT2D eigenvalue weighted by atomic mass is 10.1. The molecule has 27 heavy (non-hydrogen) atoms. The average molecular weight is 393 g/mol. The number of aromatic nitrogens is 2. The quantitative estimate of drug-likeness (QED) is 0.507. The minimum Gasteiger partial charge on any atom is -0.395 e. The molecule has 1 aliphatic heterocycles. The van der Waals surface area contributed by atoms with Crippen molar-refractivity contribution in [3.8, 4) is 0 Å². The van der Waals surface area contributed by atoms with Crippen molar-refractivity contribution in [3.63, 3.8) is 0 Å². The van der Waals surface area contributed by atoms with Crippen LogP contribution in [0.1, 0.15) is 27.3 Å². The van der Waals surface area contributed by atoms with Gasteiger partial charge in [0.2, 0.25) is 10.0 Å². The van der Waals surface area contributed by atoms with Gasteiger partial charge in [-0.15, -0.1) is 0 Å². The summed E-state index contributed by atoms with van der Waals surface area (Å²) in [7, 11) is -2.35. The number of hydrogen-bond donors (Lipinski definition) is 4. The molecular weight excluding hydrogens is 370 g/mol. The maximum Gasteiger partial charge on any atom is 0.272 e. The molecule has 0 saturated heterocycles. The molecule has 1 aromatic heterocycles. The van der Waals surface area contributed by atoms with Gasteiger partial charge in [-0.1, -0.05) is 18.2 Å². The number of aliphatic hydroxyl groups excluding tert-OH is 1. The average Bonchev–Trinajstić information content (AvgIpc) is 3.10. The summed E-state index contributed by atoms with van der Waals surface area (Å²) < 4.78 is 26.5. The summed E-state index contributed by atoms with van der Waals surface area (Å²) in [6.45, 7) is 1.19. The van der Waals surface area contributed by atoms with Crippen LogP contribution in [0.2, 0.25) is 0 Å². The van der Waals surface area contributed by atoms with Crippen LogP contribution in [0, 0.1) is 0 Å². The van der Waals surface area contributed by atoms with Crippen molar-refractivity contribution in [3.05, 3.63) is 46.8 Å². The number of H-pyrrole nitrogens is 1. The van der Waals surface area contributed by atoms with Crippen LogP contribution >= 0.6 is 0 Å². The van der Waals surface area contributed by atoms with E-state index in [1.807, 2.05) is 0 Å². The molecule has 0 bridgehead atoms. The van der Waals surface area contributed by atoms with Crippen molar-refractivity contribution >= 4 is 15.9 Å². The Labute approximate surface area is 157 Å². The highest BCUT2D eigenvalue weighted by atomic mass is 32.2. The summed E-state index contributed by atoms with van der Waals surface area (Å²) in [5.41, 5.74) is 2.60. The summed E-state index contributed by atoms with van der Waals surface area (Å²) in [4.78, 5) is 12.6. The van der Waals surface area contributed by atoms with Crippen LogP contribution in [0.4, 0.5) is 0 Å². The third-order valence-electron chi connectivity index (χ3n) is 4.54. The third-order valence-corrected chi connectivity index (χ3v) is 6.49. The molecule has 1 amide bonds. The number of likely N-dealkylation sites (N-methyl/N-ethyl adjacent to an activating group) is 1. The minimum absolute atomic E-state index is 0.00453. The Bertz CT molecular complexity index is 925. The Kier molecular flexibility index (Phi) is 5.90. The Morgan fingerprint density at radius 2 is 2.15 bits per heavy atom. The van der Waals surface area contributed by atoms with Gasteiger partial charge >= 0.3 is 0 Å². The zero-order chi connectivity index (χ0) is 19.4. The molecule has 9 nitrogen and oxygen atoms in total. The molecule has 3 rings (SSSR count). The highest BCUT2D eigenvalue weighted by molar-refractivity contribution is 7.89. The van der Waals surface area contributed by atoms with E-state index in [1.165, 1.54) is 13.1 Å². The molecule has 10 heteroatoms. The molecule has 2 aromatic rings. The van der Waals surface area contributed by atoms with E-state index in [4.69, 9.17) is 5.11 Å². The van der Waals surface area contributed by atoms with Crippen molar-refractivity contribution < 1.29 is 18.3 Å². The lowest BCUT2D eigenvalue weighted by Gasteiger charge is -2.18. The number of hydrogen-bond acceptors (Lipinski definition) is 6. The number of aromatic amines is 1. The van der Waals surface area contributed by atoms with E-state index < -0.39 is 10.0 Å². The first-order valence-corrected chi connectivity index (χ1v) is 10.1. The number of carbonyl (C=O) groups excluding carboxylic acids is 1. The second kappa shape index (κ2) is 8.17. The fourth-order valence-electron chi connectivity index (χ4n) is 3.00. The summed E-state index contributed by atoms with van der Waals surface area (Å²) in [5, 5.41) is 22.0.